The zero-order valence-electron chi connectivity index (χ0n) is 18.8. The molecule has 1 fully saturated rings. The molecule has 1 saturated heterocycles. The zero-order chi connectivity index (χ0) is 24.9. The predicted octanol–water partition coefficient (Wildman–Crippen LogP) is 0.795. The highest BCUT2D eigenvalue weighted by atomic mass is 16.7. The Kier molecular flexibility index (Phi) is 8.42. The van der Waals surface area contributed by atoms with E-state index >= 15 is 0 Å². The predicted molar refractivity (Wildman–Crippen MR) is 115 cm³/mol. The molecule has 0 unspecified atom stereocenters. The summed E-state index contributed by atoms with van der Waals surface area (Å²) >= 11 is 0. The Labute approximate surface area is 189 Å². The molecular weight excluding hydrogens is 438 g/mol. The zero-order valence-corrected chi connectivity index (χ0v) is 18.8. The topological polar surface area (TPSA) is 179 Å². The molecule has 4 atom stereocenters. The number of carbonyl (C=O) groups is 2. The van der Waals surface area contributed by atoms with Crippen molar-refractivity contribution in [3.8, 4) is 11.5 Å². The fourth-order valence-electron chi connectivity index (χ4n) is 2.82. The molecule has 0 saturated carbocycles. The van der Waals surface area contributed by atoms with Gasteiger partial charge in [0.25, 0.3) is 0 Å². The van der Waals surface area contributed by atoms with Crippen LogP contribution in [0.4, 0.5) is 0 Å². The molecule has 0 radical (unpaired) electrons. The van der Waals surface area contributed by atoms with Crippen molar-refractivity contribution >= 4 is 22.8 Å². The SMILES string of the molecule is CC(C)(C)C(=O)OC[C@H]1O[C@@H](Oc2cc3ccc(=O)oc3cc2O)C[C@@H](O)[C@@H]1O.CC(N)=O. The molecule has 3 rings (SSSR count). The first-order valence-electron chi connectivity index (χ1n) is 10.2. The van der Waals surface area contributed by atoms with Gasteiger partial charge in [-0.05, 0) is 32.9 Å². The maximum atomic E-state index is 11.9. The highest BCUT2D eigenvalue weighted by Crippen LogP contribution is 2.33. The van der Waals surface area contributed by atoms with Crippen LogP contribution in [-0.4, -0.2) is 58.4 Å². The second-order valence-electron chi connectivity index (χ2n) is 8.59. The Morgan fingerprint density at radius 1 is 1.21 bits per heavy atom. The van der Waals surface area contributed by atoms with Crippen LogP contribution in [-0.2, 0) is 19.1 Å². The first-order valence-corrected chi connectivity index (χ1v) is 10.2. The van der Waals surface area contributed by atoms with E-state index in [4.69, 9.17) is 18.6 Å². The molecule has 2 aromatic rings. The maximum absolute atomic E-state index is 11.9. The standard InChI is InChI=1S/C20H24O9.C2H5NO/c1-20(2,3)19(25)26-9-15-18(24)12(22)8-17(29-15)28-14-6-10-4-5-16(23)27-13(10)7-11(14)21;1-2(3)4/h4-7,12,15,17-18,21-22,24H,8-9H2,1-3H3;1H3,(H2,3,4)/t12-,15-,17-,18+;/m1./s1. The van der Waals surface area contributed by atoms with Crippen molar-refractivity contribution in [2.75, 3.05) is 6.61 Å². The minimum Gasteiger partial charge on any atom is -0.504 e. The smallest absolute Gasteiger partial charge is 0.336 e. The Hall–Kier alpha value is -3.15. The van der Waals surface area contributed by atoms with E-state index in [0.29, 0.717) is 5.39 Å². The van der Waals surface area contributed by atoms with Crippen LogP contribution in [0, 0.1) is 5.41 Å². The van der Waals surface area contributed by atoms with Crippen LogP contribution >= 0.6 is 0 Å². The van der Waals surface area contributed by atoms with E-state index in [2.05, 4.69) is 5.73 Å². The highest BCUT2D eigenvalue weighted by molar-refractivity contribution is 5.80. The number of carbonyl (C=O) groups excluding carboxylic acids is 2. The number of benzene rings is 1. The normalized spacial score (nSPS) is 22.7. The van der Waals surface area contributed by atoms with Crippen molar-refractivity contribution in [3.63, 3.8) is 0 Å². The van der Waals surface area contributed by atoms with Crippen molar-refractivity contribution in [2.45, 2.75) is 58.7 Å². The number of primary amides is 1. The molecule has 1 aromatic carbocycles. The molecule has 1 aliphatic heterocycles. The molecule has 33 heavy (non-hydrogen) atoms. The van der Waals surface area contributed by atoms with Crippen molar-refractivity contribution < 1.29 is 43.5 Å². The van der Waals surface area contributed by atoms with E-state index < -0.39 is 41.6 Å². The molecule has 1 aromatic heterocycles. The van der Waals surface area contributed by atoms with Gasteiger partial charge < -0.3 is 39.7 Å². The Morgan fingerprint density at radius 3 is 2.45 bits per heavy atom. The third-order valence-corrected chi connectivity index (χ3v) is 4.49. The third-order valence-electron chi connectivity index (χ3n) is 4.49. The van der Waals surface area contributed by atoms with Gasteiger partial charge in [-0.3, -0.25) is 9.59 Å². The lowest BCUT2D eigenvalue weighted by Crippen LogP contribution is -2.52. The second-order valence-corrected chi connectivity index (χ2v) is 8.59. The minimum atomic E-state index is -1.26. The van der Waals surface area contributed by atoms with Gasteiger partial charge in [-0.1, -0.05) is 0 Å². The number of ether oxygens (including phenoxy) is 3. The number of aromatic hydroxyl groups is 1. The van der Waals surface area contributed by atoms with E-state index in [-0.39, 0.29) is 36.0 Å². The van der Waals surface area contributed by atoms with Crippen molar-refractivity contribution in [3.05, 3.63) is 34.7 Å². The van der Waals surface area contributed by atoms with Crippen LogP contribution in [0.3, 0.4) is 0 Å². The van der Waals surface area contributed by atoms with Gasteiger partial charge in [0, 0.05) is 30.9 Å². The minimum absolute atomic E-state index is 0.0466. The number of nitrogens with two attached hydrogens (primary N) is 1. The fraction of sp³-hybridized carbons (Fsp3) is 0.500. The monoisotopic (exact) mass is 467 g/mol. The summed E-state index contributed by atoms with van der Waals surface area (Å²) in [5.41, 5.74) is 3.39. The van der Waals surface area contributed by atoms with Gasteiger partial charge >= 0.3 is 11.6 Å². The number of hydrogen-bond donors (Lipinski definition) is 4. The summed E-state index contributed by atoms with van der Waals surface area (Å²) in [5.74, 6) is -1.04. The van der Waals surface area contributed by atoms with Crippen LogP contribution in [0.1, 0.15) is 34.1 Å². The summed E-state index contributed by atoms with van der Waals surface area (Å²) in [4.78, 5) is 32.4. The summed E-state index contributed by atoms with van der Waals surface area (Å²) in [7, 11) is 0. The van der Waals surface area contributed by atoms with Crippen molar-refractivity contribution in [1.29, 1.82) is 0 Å². The summed E-state index contributed by atoms with van der Waals surface area (Å²) in [6.07, 6.45) is -4.51. The van der Waals surface area contributed by atoms with Crippen molar-refractivity contribution in [1.82, 2.24) is 0 Å². The van der Waals surface area contributed by atoms with Gasteiger partial charge in [-0.15, -0.1) is 0 Å². The van der Waals surface area contributed by atoms with Gasteiger partial charge in [0.15, 0.2) is 11.5 Å². The molecular formula is C22H29NO10. The number of esters is 1. The summed E-state index contributed by atoms with van der Waals surface area (Å²) in [6.45, 7) is 6.12. The summed E-state index contributed by atoms with van der Waals surface area (Å²) in [6, 6.07) is 5.45. The van der Waals surface area contributed by atoms with E-state index in [1.165, 1.54) is 31.2 Å². The second kappa shape index (κ2) is 10.6. The maximum Gasteiger partial charge on any atom is 0.336 e. The lowest BCUT2D eigenvalue weighted by Gasteiger charge is -2.37. The molecule has 0 spiro atoms. The van der Waals surface area contributed by atoms with Crippen molar-refractivity contribution in [2.24, 2.45) is 11.1 Å². The Bertz CT molecular complexity index is 1040. The Balaban J connectivity index is 0.000000890. The van der Waals surface area contributed by atoms with Crippen LogP contribution in [0.2, 0.25) is 0 Å². The molecule has 1 amide bonds. The third kappa shape index (κ3) is 7.45. The van der Waals surface area contributed by atoms with Crippen LogP contribution in [0.5, 0.6) is 11.5 Å². The number of aliphatic hydroxyl groups is 2. The molecule has 11 nitrogen and oxygen atoms in total. The fourth-order valence-corrected chi connectivity index (χ4v) is 2.82. The molecule has 0 bridgehead atoms. The van der Waals surface area contributed by atoms with Crippen LogP contribution < -0.4 is 16.1 Å². The molecule has 1 aliphatic rings. The lowest BCUT2D eigenvalue weighted by atomic mass is 9.97. The van der Waals surface area contributed by atoms with Crippen LogP contribution in [0.25, 0.3) is 11.0 Å². The molecule has 182 valence electrons. The number of fused-ring (bicyclic) bond motifs is 1. The lowest BCUT2D eigenvalue weighted by molar-refractivity contribution is -0.234. The highest BCUT2D eigenvalue weighted by Gasteiger charge is 2.39. The van der Waals surface area contributed by atoms with Gasteiger partial charge in [0.1, 0.15) is 24.4 Å². The largest absolute Gasteiger partial charge is 0.504 e. The molecule has 11 heteroatoms. The number of rotatable bonds is 4. The van der Waals surface area contributed by atoms with Crippen LogP contribution in [0.15, 0.2) is 33.5 Å². The Morgan fingerprint density at radius 2 is 1.85 bits per heavy atom. The number of aliphatic hydroxyl groups excluding tert-OH is 2. The number of phenolic OH excluding ortho intramolecular Hbond substituents is 1. The van der Waals surface area contributed by atoms with Gasteiger partial charge in [0.2, 0.25) is 12.2 Å². The van der Waals surface area contributed by atoms with E-state index in [0.717, 1.165) is 0 Å². The van der Waals surface area contributed by atoms with Gasteiger partial charge in [0.05, 0.1) is 11.5 Å². The van der Waals surface area contributed by atoms with E-state index in [1.54, 1.807) is 20.8 Å². The van der Waals surface area contributed by atoms with Gasteiger partial charge in [-0.25, -0.2) is 4.79 Å². The number of phenols is 1. The summed E-state index contributed by atoms with van der Waals surface area (Å²) < 4.78 is 21.4. The first-order chi connectivity index (χ1) is 15.3. The van der Waals surface area contributed by atoms with Gasteiger partial charge in [-0.2, -0.15) is 0 Å². The number of amides is 1. The molecule has 0 aliphatic carbocycles. The summed E-state index contributed by atoms with van der Waals surface area (Å²) in [5, 5.41) is 30.9. The van der Waals surface area contributed by atoms with E-state index in [9.17, 15) is 29.7 Å². The molecule has 5 N–H and O–H groups in total. The first kappa shape index (κ1) is 26.1. The average molecular weight is 467 g/mol. The average Bonchev–Trinajstić information content (AvgIpc) is 2.68. The molecule has 2 heterocycles. The van der Waals surface area contributed by atoms with E-state index in [1.807, 2.05) is 0 Å². The number of hydrogen-bond acceptors (Lipinski definition) is 10. The quantitative estimate of drug-likeness (QED) is 0.371.